The highest BCUT2D eigenvalue weighted by molar-refractivity contribution is 8.23. The van der Waals surface area contributed by atoms with Crippen LogP contribution in [0.1, 0.15) is 13.3 Å². The molecule has 3 nitrogen and oxygen atoms in total. The quantitative estimate of drug-likeness (QED) is 0.613. The molecule has 1 unspecified atom stereocenters. The van der Waals surface area contributed by atoms with Gasteiger partial charge in [0.2, 0.25) is 0 Å². The van der Waals surface area contributed by atoms with Crippen LogP contribution in [-0.4, -0.2) is 34.5 Å². The van der Waals surface area contributed by atoms with Crippen molar-refractivity contribution in [3.05, 3.63) is 0 Å². The van der Waals surface area contributed by atoms with E-state index >= 15 is 0 Å². The van der Waals surface area contributed by atoms with Crippen LogP contribution in [0, 0.1) is 0 Å². The number of carbonyl (C=O) groups is 1. The fourth-order valence-corrected chi connectivity index (χ4v) is 1.59. The second kappa shape index (κ2) is 5.37. The molecular weight excluding hydrogens is 194 g/mol. The van der Waals surface area contributed by atoms with Gasteiger partial charge in [-0.05, 0) is 6.42 Å². The summed E-state index contributed by atoms with van der Waals surface area (Å²) in [5.74, 6) is -1.05. The van der Waals surface area contributed by atoms with Crippen molar-refractivity contribution in [2.24, 2.45) is 0 Å². The molecule has 0 spiro atoms. The Bertz CT molecular complexity index is 182. The zero-order valence-corrected chi connectivity index (χ0v) is 9.00. The molecule has 70 valence electrons. The predicted octanol–water partition coefficient (Wildman–Crippen LogP) is 0.0946. The van der Waals surface area contributed by atoms with E-state index in [2.05, 4.69) is 0 Å². The Hall–Kier alpha value is -0.290. The van der Waals surface area contributed by atoms with Gasteiger partial charge in [-0.25, -0.2) is 0 Å². The van der Waals surface area contributed by atoms with Crippen molar-refractivity contribution < 1.29 is 9.90 Å². The molecule has 1 atom stereocenters. The van der Waals surface area contributed by atoms with Gasteiger partial charge in [0.1, 0.15) is 4.32 Å². The van der Waals surface area contributed by atoms with Crippen LogP contribution >= 0.6 is 24.0 Å². The maximum atomic E-state index is 10.5. The number of nitrogens with zero attached hydrogens (tertiary/aromatic N) is 1. The Labute approximate surface area is 82.1 Å². The number of carboxylic acids is 1. The van der Waals surface area contributed by atoms with Crippen molar-refractivity contribution >= 4 is 34.3 Å². The molecule has 0 aliphatic carbocycles. The second-order valence-corrected chi connectivity index (χ2v) is 4.33. The molecule has 12 heavy (non-hydrogen) atoms. The van der Waals surface area contributed by atoms with E-state index < -0.39 is 11.2 Å². The van der Waals surface area contributed by atoms with Gasteiger partial charge >= 0.3 is 0 Å². The Morgan fingerprint density at radius 2 is 2.17 bits per heavy atom. The molecule has 5 heteroatoms. The van der Waals surface area contributed by atoms with Crippen molar-refractivity contribution in [2.75, 3.05) is 14.1 Å². The number of rotatable bonds is 3. The Morgan fingerprint density at radius 3 is 2.42 bits per heavy atom. The Balaban J connectivity index is 4.03. The number of hydrogen-bond acceptors (Lipinski definition) is 4. The topological polar surface area (TPSA) is 43.4 Å². The summed E-state index contributed by atoms with van der Waals surface area (Å²) in [5.41, 5.74) is 0. The lowest BCUT2D eigenvalue weighted by molar-refractivity contribution is -0.304. The van der Waals surface area contributed by atoms with Crippen LogP contribution < -0.4 is 5.11 Å². The highest BCUT2D eigenvalue weighted by Gasteiger charge is 2.11. The average molecular weight is 206 g/mol. The monoisotopic (exact) mass is 206 g/mol. The molecule has 0 saturated carbocycles. The molecule has 0 fully saturated rings. The minimum Gasteiger partial charge on any atom is -0.549 e. The van der Waals surface area contributed by atoms with Crippen molar-refractivity contribution in [3.63, 3.8) is 0 Å². The molecule has 0 bridgehead atoms. The van der Waals surface area contributed by atoms with Gasteiger partial charge in [-0.2, -0.15) is 0 Å². The van der Waals surface area contributed by atoms with Crippen LogP contribution in [0.3, 0.4) is 0 Å². The molecular formula is C7H12NO2S2-. The highest BCUT2D eigenvalue weighted by atomic mass is 32.2. The summed E-state index contributed by atoms with van der Waals surface area (Å²) in [6, 6.07) is 0. The summed E-state index contributed by atoms with van der Waals surface area (Å²) < 4.78 is 0.575. The average Bonchev–Trinajstić information content (AvgIpc) is 1.98. The summed E-state index contributed by atoms with van der Waals surface area (Å²) in [6.07, 6.45) is 0.529. The summed E-state index contributed by atoms with van der Waals surface area (Å²) in [5, 5.41) is 9.95. The highest BCUT2D eigenvalue weighted by Crippen LogP contribution is 2.16. The lowest BCUT2D eigenvalue weighted by Gasteiger charge is -2.19. The zero-order valence-electron chi connectivity index (χ0n) is 7.36. The van der Waals surface area contributed by atoms with Crippen LogP contribution in [0.2, 0.25) is 0 Å². The van der Waals surface area contributed by atoms with Crippen LogP contribution in [0.5, 0.6) is 0 Å². The smallest absolute Gasteiger partial charge is 0.136 e. The lowest BCUT2D eigenvalue weighted by Crippen LogP contribution is -2.35. The third kappa shape index (κ3) is 3.92. The van der Waals surface area contributed by atoms with Crippen LogP contribution in [0.4, 0.5) is 0 Å². The van der Waals surface area contributed by atoms with Crippen LogP contribution in [0.15, 0.2) is 0 Å². The zero-order chi connectivity index (χ0) is 9.72. The molecule has 0 radical (unpaired) electrons. The van der Waals surface area contributed by atoms with Gasteiger partial charge in [-0.3, -0.25) is 0 Å². The first kappa shape index (κ1) is 11.7. The number of carboxylic acid groups (broad SMARTS) is 1. The van der Waals surface area contributed by atoms with Gasteiger partial charge in [0.25, 0.3) is 0 Å². The van der Waals surface area contributed by atoms with E-state index in [-0.39, 0.29) is 0 Å². The van der Waals surface area contributed by atoms with Crippen molar-refractivity contribution in [2.45, 2.75) is 18.6 Å². The summed E-state index contributed by atoms with van der Waals surface area (Å²) in [4.78, 5) is 12.2. The number of thioether (sulfide) groups is 1. The first-order chi connectivity index (χ1) is 5.49. The minimum atomic E-state index is -1.05. The molecule has 0 heterocycles. The minimum absolute atomic E-state index is 0.528. The molecule has 0 aromatic heterocycles. The fraction of sp³-hybridized carbons (Fsp3) is 0.714. The second-order valence-electron chi connectivity index (χ2n) is 2.49. The number of carbonyl (C=O) groups excluding carboxylic acids is 1. The van der Waals surface area contributed by atoms with Gasteiger partial charge in [0.05, 0.1) is 11.2 Å². The number of thiocarbonyl (C=S) groups is 1. The van der Waals surface area contributed by atoms with Gasteiger partial charge in [0.15, 0.2) is 0 Å². The first-order valence-electron chi connectivity index (χ1n) is 3.57. The van der Waals surface area contributed by atoms with Gasteiger partial charge in [-0.15, -0.1) is 0 Å². The van der Waals surface area contributed by atoms with Crippen LogP contribution in [0.25, 0.3) is 0 Å². The SMILES string of the molecule is CCC(SC(=S)N(C)C)C(=O)[O-]. The number of hydrogen-bond donors (Lipinski definition) is 0. The van der Waals surface area contributed by atoms with E-state index in [1.807, 2.05) is 0 Å². The standard InChI is InChI=1S/C7H13NO2S2/c1-4-5(6(9)10)12-7(11)8(2)3/h5H,4H2,1-3H3,(H,9,10)/p-1. The molecule has 0 saturated heterocycles. The molecule has 0 N–H and O–H groups in total. The van der Waals surface area contributed by atoms with E-state index in [0.29, 0.717) is 10.7 Å². The van der Waals surface area contributed by atoms with E-state index in [1.165, 1.54) is 0 Å². The Morgan fingerprint density at radius 1 is 1.67 bits per heavy atom. The molecule has 0 aliphatic heterocycles. The maximum Gasteiger partial charge on any atom is 0.136 e. The third-order valence-electron chi connectivity index (χ3n) is 1.24. The molecule has 0 rings (SSSR count). The van der Waals surface area contributed by atoms with Gasteiger partial charge in [-0.1, -0.05) is 30.9 Å². The Kier molecular flexibility index (Phi) is 5.24. The van der Waals surface area contributed by atoms with Gasteiger partial charge < -0.3 is 14.8 Å². The normalized spacial score (nSPS) is 12.2. The number of aliphatic carboxylic acids is 1. The van der Waals surface area contributed by atoms with E-state index in [0.717, 1.165) is 11.8 Å². The molecule has 0 aromatic rings. The third-order valence-corrected chi connectivity index (χ3v) is 3.27. The molecule has 0 aromatic carbocycles. The van der Waals surface area contributed by atoms with E-state index in [1.54, 1.807) is 25.9 Å². The molecule has 0 aliphatic rings. The predicted molar refractivity (Wildman–Crippen MR) is 53.0 cm³/mol. The largest absolute Gasteiger partial charge is 0.549 e. The van der Waals surface area contributed by atoms with Crippen LogP contribution in [-0.2, 0) is 4.79 Å². The van der Waals surface area contributed by atoms with Crippen molar-refractivity contribution in [1.82, 2.24) is 4.90 Å². The lowest BCUT2D eigenvalue weighted by atomic mass is 10.3. The fourth-order valence-electron chi connectivity index (χ4n) is 0.525. The van der Waals surface area contributed by atoms with Crippen molar-refractivity contribution in [1.29, 1.82) is 0 Å². The summed E-state index contributed by atoms with van der Waals surface area (Å²) >= 11 is 6.09. The van der Waals surface area contributed by atoms with Gasteiger partial charge in [0, 0.05) is 14.1 Å². The maximum absolute atomic E-state index is 10.5. The molecule has 0 amide bonds. The van der Waals surface area contributed by atoms with E-state index in [9.17, 15) is 9.90 Å². The first-order valence-corrected chi connectivity index (χ1v) is 4.86. The van der Waals surface area contributed by atoms with E-state index in [4.69, 9.17) is 12.2 Å². The summed E-state index contributed by atoms with van der Waals surface area (Å²) in [7, 11) is 3.58. The van der Waals surface area contributed by atoms with Crippen molar-refractivity contribution in [3.8, 4) is 0 Å². The summed E-state index contributed by atoms with van der Waals surface area (Å²) in [6.45, 7) is 1.80.